The van der Waals surface area contributed by atoms with E-state index in [2.05, 4.69) is 15.4 Å². The Morgan fingerprint density at radius 1 is 1.30 bits per heavy atom. The summed E-state index contributed by atoms with van der Waals surface area (Å²) in [5, 5.41) is 6.11. The minimum atomic E-state index is -3.52. The molecule has 1 aromatic carbocycles. The quantitative estimate of drug-likeness (QED) is 0.735. The molecule has 0 spiro atoms. The lowest BCUT2D eigenvalue weighted by Gasteiger charge is -2.22. The Hall–Kier alpha value is -1.44. The van der Waals surface area contributed by atoms with E-state index in [4.69, 9.17) is 0 Å². The fraction of sp³-hybridized carbons (Fsp3) is 0.562. The molecule has 128 valence electrons. The van der Waals surface area contributed by atoms with Crippen molar-refractivity contribution in [3.8, 4) is 0 Å². The van der Waals surface area contributed by atoms with Crippen molar-refractivity contribution in [3.63, 3.8) is 0 Å². The largest absolute Gasteiger partial charge is 0.326 e. The Labute approximate surface area is 138 Å². The van der Waals surface area contributed by atoms with Crippen LogP contribution >= 0.6 is 0 Å². The summed E-state index contributed by atoms with van der Waals surface area (Å²) in [7, 11) is -2.15. The molecule has 0 radical (unpaired) electrons. The number of hydrogen-bond donors (Lipinski definition) is 3. The lowest BCUT2D eigenvalue weighted by atomic mass is 9.93. The molecule has 0 aliphatic carbocycles. The highest BCUT2D eigenvalue weighted by Gasteiger charge is 2.17. The molecule has 3 N–H and O–H groups in total. The number of sulfonamides is 1. The van der Waals surface area contributed by atoms with Crippen molar-refractivity contribution >= 4 is 21.6 Å². The zero-order valence-electron chi connectivity index (χ0n) is 13.7. The maximum Gasteiger partial charge on any atom is 0.240 e. The average molecular weight is 339 g/mol. The van der Waals surface area contributed by atoms with Gasteiger partial charge in [-0.1, -0.05) is 6.07 Å². The molecule has 1 fully saturated rings. The average Bonchev–Trinajstić information content (AvgIpc) is 2.55. The summed E-state index contributed by atoms with van der Waals surface area (Å²) in [5.74, 6) is 0.528. The van der Waals surface area contributed by atoms with Gasteiger partial charge in [-0.25, -0.2) is 13.1 Å². The lowest BCUT2D eigenvalue weighted by Crippen LogP contribution is -2.28. The van der Waals surface area contributed by atoms with Gasteiger partial charge in [0.25, 0.3) is 0 Å². The van der Waals surface area contributed by atoms with Gasteiger partial charge in [-0.05, 0) is 69.9 Å². The van der Waals surface area contributed by atoms with Crippen LogP contribution in [0.1, 0.15) is 31.2 Å². The molecule has 0 unspecified atom stereocenters. The van der Waals surface area contributed by atoms with Crippen LogP contribution in [0.5, 0.6) is 0 Å². The van der Waals surface area contributed by atoms with Gasteiger partial charge in [-0.2, -0.15) is 0 Å². The normalized spacial score (nSPS) is 16.3. The maximum atomic E-state index is 12.1. The third kappa shape index (κ3) is 5.02. The first kappa shape index (κ1) is 17.9. The van der Waals surface area contributed by atoms with Crippen molar-refractivity contribution in [2.45, 2.75) is 37.5 Å². The second-order valence-corrected chi connectivity index (χ2v) is 7.82. The van der Waals surface area contributed by atoms with Crippen LogP contribution in [-0.2, 0) is 14.8 Å². The Balaban J connectivity index is 1.97. The van der Waals surface area contributed by atoms with Crippen LogP contribution in [0.3, 0.4) is 0 Å². The van der Waals surface area contributed by atoms with E-state index in [1.165, 1.54) is 13.1 Å². The first-order valence-corrected chi connectivity index (χ1v) is 9.45. The number of benzene rings is 1. The second kappa shape index (κ2) is 7.90. The van der Waals surface area contributed by atoms with Crippen LogP contribution in [0.4, 0.5) is 5.69 Å². The molecular formula is C16H25N3O3S. The molecule has 2 rings (SSSR count). The number of piperidine rings is 1. The molecule has 0 saturated carbocycles. The fourth-order valence-corrected chi connectivity index (χ4v) is 3.80. The van der Waals surface area contributed by atoms with Crippen LogP contribution in [0.25, 0.3) is 0 Å². The molecule has 1 aliphatic heterocycles. The lowest BCUT2D eigenvalue weighted by molar-refractivity contribution is -0.116. The Kier molecular flexibility index (Phi) is 6.15. The summed E-state index contributed by atoms with van der Waals surface area (Å²) in [6.07, 6.45) is 3.57. The van der Waals surface area contributed by atoms with Crippen LogP contribution in [0, 0.1) is 12.8 Å². The van der Waals surface area contributed by atoms with E-state index in [-0.39, 0.29) is 10.8 Å². The number of aryl methyl sites for hydroxylation is 1. The van der Waals surface area contributed by atoms with Crippen LogP contribution < -0.4 is 15.4 Å². The minimum absolute atomic E-state index is 0.0693. The standard InChI is InChI=1S/C16H25N3O3S/c1-12-3-5-14(11-15(12)23(21,22)17-2)19-16(20)6-4-13-7-9-18-10-8-13/h3,5,11,13,17-18H,4,6-10H2,1-2H3,(H,19,20). The summed E-state index contributed by atoms with van der Waals surface area (Å²) < 4.78 is 26.2. The molecule has 6 nitrogen and oxygen atoms in total. The predicted molar refractivity (Wildman–Crippen MR) is 90.9 cm³/mol. The monoisotopic (exact) mass is 339 g/mol. The number of carbonyl (C=O) groups is 1. The third-order valence-corrected chi connectivity index (χ3v) is 5.82. The molecule has 23 heavy (non-hydrogen) atoms. The van der Waals surface area contributed by atoms with Gasteiger partial charge in [0.05, 0.1) is 4.90 Å². The molecule has 1 heterocycles. The molecule has 0 bridgehead atoms. The minimum Gasteiger partial charge on any atom is -0.326 e. The Morgan fingerprint density at radius 2 is 2.00 bits per heavy atom. The zero-order chi connectivity index (χ0) is 16.9. The van der Waals surface area contributed by atoms with Gasteiger partial charge in [0.15, 0.2) is 0 Å². The summed E-state index contributed by atoms with van der Waals surface area (Å²) in [6, 6.07) is 4.93. The first-order valence-electron chi connectivity index (χ1n) is 7.97. The van der Waals surface area contributed by atoms with E-state index in [1.807, 2.05) is 0 Å². The van der Waals surface area contributed by atoms with Gasteiger partial charge in [0.1, 0.15) is 0 Å². The predicted octanol–water partition coefficient (Wildman–Crippen LogP) is 1.62. The van der Waals surface area contributed by atoms with Gasteiger partial charge in [-0.15, -0.1) is 0 Å². The number of rotatable bonds is 6. The van der Waals surface area contributed by atoms with Crippen molar-refractivity contribution < 1.29 is 13.2 Å². The number of hydrogen-bond acceptors (Lipinski definition) is 4. The van der Waals surface area contributed by atoms with Crippen molar-refractivity contribution in [2.75, 3.05) is 25.5 Å². The summed E-state index contributed by atoms with van der Waals surface area (Å²) in [6.45, 7) is 3.78. The SMILES string of the molecule is CNS(=O)(=O)c1cc(NC(=O)CCC2CCNCC2)ccc1C. The van der Waals surface area contributed by atoms with E-state index in [0.717, 1.165) is 32.4 Å². The van der Waals surface area contributed by atoms with Gasteiger partial charge < -0.3 is 10.6 Å². The molecule has 1 saturated heterocycles. The maximum absolute atomic E-state index is 12.1. The topological polar surface area (TPSA) is 87.3 Å². The first-order chi connectivity index (χ1) is 10.9. The summed E-state index contributed by atoms with van der Waals surface area (Å²) in [4.78, 5) is 12.3. The van der Waals surface area contributed by atoms with E-state index in [1.54, 1.807) is 19.1 Å². The summed E-state index contributed by atoms with van der Waals surface area (Å²) in [5.41, 5.74) is 1.16. The van der Waals surface area contributed by atoms with Crippen molar-refractivity contribution in [1.82, 2.24) is 10.0 Å². The van der Waals surface area contributed by atoms with Crippen molar-refractivity contribution in [3.05, 3.63) is 23.8 Å². The van der Waals surface area contributed by atoms with Gasteiger partial charge in [0.2, 0.25) is 15.9 Å². The van der Waals surface area contributed by atoms with Gasteiger partial charge >= 0.3 is 0 Å². The van der Waals surface area contributed by atoms with Crippen molar-refractivity contribution in [1.29, 1.82) is 0 Å². The highest BCUT2D eigenvalue weighted by molar-refractivity contribution is 7.89. The smallest absolute Gasteiger partial charge is 0.240 e. The van der Waals surface area contributed by atoms with Gasteiger partial charge in [-0.3, -0.25) is 4.79 Å². The van der Waals surface area contributed by atoms with E-state index in [0.29, 0.717) is 23.6 Å². The molecular weight excluding hydrogens is 314 g/mol. The highest BCUT2D eigenvalue weighted by atomic mass is 32.2. The van der Waals surface area contributed by atoms with Crippen LogP contribution in [-0.4, -0.2) is 34.5 Å². The van der Waals surface area contributed by atoms with Gasteiger partial charge in [0, 0.05) is 12.1 Å². The zero-order valence-corrected chi connectivity index (χ0v) is 14.5. The molecule has 7 heteroatoms. The second-order valence-electron chi connectivity index (χ2n) is 5.97. The number of carbonyl (C=O) groups excluding carboxylic acids is 1. The van der Waals surface area contributed by atoms with E-state index in [9.17, 15) is 13.2 Å². The van der Waals surface area contributed by atoms with Crippen molar-refractivity contribution in [2.24, 2.45) is 5.92 Å². The third-order valence-electron chi connectivity index (χ3n) is 4.27. The molecule has 1 aromatic rings. The van der Waals surface area contributed by atoms with Crippen LogP contribution in [0.15, 0.2) is 23.1 Å². The summed E-state index contributed by atoms with van der Waals surface area (Å²) >= 11 is 0. The molecule has 0 aromatic heterocycles. The fourth-order valence-electron chi connectivity index (χ4n) is 2.81. The molecule has 1 aliphatic rings. The Bertz CT molecular complexity index is 653. The highest BCUT2D eigenvalue weighted by Crippen LogP contribution is 2.21. The van der Waals surface area contributed by atoms with E-state index < -0.39 is 10.0 Å². The molecule has 1 amide bonds. The Morgan fingerprint density at radius 3 is 2.65 bits per heavy atom. The number of amides is 1. The van der Waals surface area contributed by atoms with E-state index >= 15 is 0 Å². The number of anilines is 1. The van der Waals surface area contributed by atoms with Crippen LogP contribution in [0.2, 0.25) is 0 Å². The molecule has 0 atom stereocenters. The number of nitrogens with one attached hydrogen (secondary N) is 3.